The molecular formula is C15H26N4O2. The maximum atomic E-state index is 12.3. The molecule has 2 heterocycles. The van der Waals surface area contributed by atoms with Crippen LogP contribution >= 0.6 is 0 Å². The second kappa shape index (κ2) is 6.03. The molecule has 2 rings (SSSR count). The Labute approximate surface area is 126 Å². The largest absolute Gasteiger partial charge is 0.444 e. The topological polar surface area (TPSA) is 60.2 Å². The monoisotopic (exact) mass is 294 g/mol. The summed E-state index contributed by atoms with van der Waals surface area (Å²) in [5, 5.41) is 8.27. The number of ether oxygens (including phenoxy) is 1. The van der Waals surface area contributed by atoms with E-state index in [4.69, 9.17) is 4.74 Å². The molecule has 1 unspecified atom stereocenters. The van der Waals surface area contributed by atoms with E-state index in [1.807, 2.05) is 20.8 Å². The van der Waals surface area contributed by atoms with Crippen molar-refractivity contribution in [2.45, 2.75) is 65.6 Å². The summed E-state index contributed by atoms with van der Waals surface area (Å²) >= 11 is 0. The summed E-state index contributed by atoms with van der Waals surface area (Å²) in [5.41, 5.74) is -0.476. The van der Waals surface area contributed by atoms with Crippen LogP contribution in [0.4, 0.5) is 4.79 Å². The molecule has 1 amide bonds. The van der Waals surface area contributed by atoms with E-state index < -0.39 is 5.60 Å². The molecule has 1 atom stereocenters. The third-order valence-electron chi connectivity index (χ3n) is 3.39. The van der Waals surface area contributed by atoms with E-state index in [0.717, 1.165) is 25.2 Å². The lowest BCUT2D eigenvalue weighted by Gasteiger charge is -2.28. The normalized spacial score (nSPS) is 19.3. The highest BCUT2D eigenvalue weighted by Gasteiger charge is 2.35. The van der Waals surface area contributed by atoms with Crippen LogP contribution in [0.1, 0.15) is 59.3 Å². The second-order valence-corrected chi connectivity index (χ2v) is 7.07. The minimum atomic E-state index is -0.476. The first-order chi connectivity index (χ1) is 9.78. The van der Waals surface area contributed by atoms with Gasteiger partial charge in [0, 0.05) is 13.1 Å². The predicted molar refractivity (Wildman–Crippen MR) is 79.8 cm³/mol. The van der Waals surface area contributed by atoms with Crippen LogP contribution in [-0.2, 0) is 11.3 Å². The van der Waals surface area contributed by atoms with Gasteiger partial charge in [-0.2, -0.15) is 0 Å². The molecule has 118 valence electrons. The zero-order chi connectivity index (χ0) is 15.6. The summed E-state index contributed by atoms with van der Waals surface area (Å²) in [6.45, 7) is 11.6. The third-order valence-corrected chi connectivity index (χ3v) is 3.39. The average Bonchev–Trinajstić information content (AvgIpc) is 2.92. The van der Waals surface area contributed by atoms with E-state index in [2.05, 4.69) is 28.6 Å². The van der Waals surface area contributed by atoms with Crippen molar-refractivity contribution < 1.29 is 9.53 Å². The number of carbonyl (C=O) groups is 1. The molecule has 1 aliphatic rings. The van der Waals surface area contributed by atoms with E-state index in [9.17, 15) is 4.79 Å². The van der Waals surface area contributed by atoms with E-state index in [-0.39, 0.29) is 12.1 Å². The van der Waals surface area contributed by atoms with Crippen molar-refractivity contribution in [2.75, 3.05) is 6.54 Å². The number of nitrogens with zero attached hydrogens (tertiary/aromatic N) is 4. The highest BCUT2D eigenvalue weighted by Crippen LogP contribution is 2.32. The van der Waals surface area contributed by atoms with Gasteiger partial charge in [-0.1, -0.05) is 13.8 Å². The molecule has 0 saturated carbocycles. The summed E-state index contributed by atoms with van der Waals surface area (Å²) in [5.74, 6) is 1.38. The Morgan fingerprint density at radius 2 is 2.19 bits per heavy atom. The lowest BCUT2D eigenvalue weighted by Crippen LogP contribution is -2.37. The van der Waals surface area contributed by atoms with Crippen molar-refractivity contribution >= 4 is 6.09 Å². The van der Waals surface area contributed by atoms with Gasteiger partial charge in [0.15, 0.2) is 5.82 Å². The minimum Gasteiger partial charge on any atom is -0.444 e. The Hall–Kier alpha value is -1.59. The van der Waals surface area contributed by atoms with Crippen LogP contribution in [-0.4, -0.2) is 37.9 Å². The Morgan fingerprint density at radius 3 is 2.81 bits per heavy atom. The molecule has 0 radical (unpaired) electrons. The van der Waals surface area contributed by atoms with Crippen molar-refractivity contribution in [3.63, 3.8) is 0 Å². The third kappa shape index (κ3) is 3.95. The fourth-order valence-electron chi connectivity index (χ4n) is 2.63. The Morgan fingerprint density at radius 1 is 1.48 bits per heavy atom. The van der Waals surface area contributed by atoms with Gasteiger partial charge in [-0.25, -0.2) is 4.79 Å². The van der Waals surface area contributed by atoms with E-state index >= 15 is 0 Å². The summed E-state index contributed by atoms with van der Waals surface area (Å²) in [4.78, 5) is 14.1. The van der Waals surface area contributed by atoms with Gasteiger partial charge in [0.05, 0.1) is 6.04 Å². The molecule has 0 aliphatic carbocycles. The first-order valence-electron chi connectivity index (χ1n) is 7.65. The molecule has 6 heteroatoms. The molecule has 0 spiro atoms. The molecule has 1 saturated heterocycles. The van der Waals surface area contributed by atoms with Gasteiger partial charge in [0.25, 0.3) is 0 Å². The molecular weight excluding hydrogens is 268 g/mol. The number of hydrogen-bond donors (Lipinski definition) is 0. The first-order valence-corrected chi connectivity index (χ1v) is 7.65. The van der Waals surface area contributed by atoms with Crippen LogP contribution in [0, 0.1) is 5.92 Å². The number of carbonyl (C=O) groups excluding carboxylic acids is 1. The smallest absolute Gasteiger partial charge is 0.410 e. The second-order valence-electron chi connectivity index (χ2n) is 7.07. The Bertz CT molecular complexity index is 490. The highest BCUT2D eigenvalue weighted by molar-refractivity contribution is 5.69. The summed E-state index contributed by atoms with van der Waals surface area (Å²) in [6, 6.07) is -0.0268. The summed E-state index contributed by atoms with van der Waals surface area (Å²) in [6.07, 6.45) is 3.37. The molecule has 6 nitrogen and oxygen atoms in total. The van der Waals surface area contributed by atoms with E-state index in [0.29, 0.717) is 12.5 Å². The van der Waals surface area contributed by atoms with Crippen molar-refractivity contribution in [2.24, 2.45) is 5.92 Å². The zero-order valence-electron chi connectivity index (χ0n) is 13.7. The van der Waals surface area contributed by atoms with Crippen LogP contribution in [0.5, 0.6) is 0 Å². The Kier molecular flexibility index (Phi) is 4.54. The molecule has 21 heavy (non-hydrogen) atoms. The molecule has 0 bridgehead atoms. The lowest BCUT2D eigenvalue weighted by molar-refractivity contribution is 0.0215. The highest BCUT2D eigenvalue weighted by atomic mass is 16.6. The van der Waals surface area contributed by atoms with Crippen molar-refractivity contribution in [1.29, 1.82) is 0 Å². The molecule has 1 aromatic rings. The number of likely N-dealkylation sites (tertiary alicyclic amines) is 1. The Balaban J connectivity index is 2.15. The zero-order valence-corrected chi connectivity index (χ0v) is 13.7. The summed E-state index contributed by atoms with van der Waals surface area (Å²) < 4.78 is 7.55. The van der Waals surface area contributed by atoms with Gasteiger partial charge < -0.3 is 9.30 Å². The van der Waals surface area contributed by atoms with Gasteiger partial charge in [-0.3, -0.25) is 4.90 Å². The molecule has 0 aromatic carbocycles. The molecule has 0 N–H and O–H groups in total. The molecule has 1 fully saturated rings. The fourth-order valence-corrected chi connectivity index (χ4v) is 2.63. The average molecular weight is 294 g/mol. The molecule has 1 aromatic heterocycles. The molecule has 1 aliphatic heterocycles. The number of aromatic nitrogens is 3. The number of hydrogen-bond acceptors (Lipinski definition) is 4. The van der Waals surface area contributed by atoms with Gasteiger partial charge in [0.2, 0.25) is 0 Å². The maximum Gasteiger partial charge on any atom is 0.410 e. The van der Waals surface area contributed by atoms with Crippen molar-refractivity contribution in [3.05, 3.63) is 12.2 Å². The van der Waals surface area contributed by atoms with Crippen LogP contribution in [0.2, 0.25) is 0 Å². The standard InChI is InChI=1S/C15H26N4O2/c1-11(2)9-18-10-16-17-13(18)12-7-6-8-19(12)14(20)21-15(3,4)5/h10-12H,6-9H2,1-5H3. The SMILES string of the molecule is CC(C)Cn1cnnc1C1CCCN1C(=O)OC(C)(C)C. The first kappa shape index (κ1) is 15.8. The van der Waals surface area contributed by atoms with Crippen LogP contribution in [0.25, 0.3) is 0 Å². The van der Waals surface area contributed by atoms with E-state index in [1.54, 1.807) is 11.2 Å². The van der Waals surface area contributed by atoms with Gasteiger partial charge in [-0.05, 0) is 39.5 Å². The quantitative estimate of drug-likeness (QED) is 0.859. The van der Waals surface area contributed by atoms with Crippen LogP contribution in [0.3, 0.4) is 0 Å². The van der Waals surface area contributed by atoms with Gasteiger partial charge in [-0.15, -0.1) is 10.2 Å². The van der Waals surface area contributed by atoms with Gasteiger partial charge in [0.1, 0.15) is 11.9 Å². The van der Waals surface area contributed by atoms with Crippen LogP contribution in [0.15, 0.2) is 6.33 Å². The lowest BCUT2D eigenvalue weighted by atomic mass is 10.2. The van der Waals surface area contributed by atoms with Crippen molar-refractivity contribution in [3.8, 4) is 0 Å². The fraction of sp³-hybridized carbons (Fsp3) is 0.800. The number of amides is 1. The predicted octanol–water partition coefficient (Wildman–Crippen LogP) is 3.01. The van der Waals surface area contributed by atoms with Crippen molar-refractivity contribution in [1.82, 2.24) is 19.7 Å². The van der Waals surface area contributed by atoms with E-state index in [1.165, 1.54) is 0 Å². The van der Waals surface area contributed by atoms with Gasteiger partial charge >= 0.3 is 6.09 Å². The minimum absolute atomic E-state index is 0.0268. The summed E-state index contributed by atoms with van der Waals surface area (Å²) in [7, 11) is 0. The maximum absolute atomic E-state index is 12.3. The van der Waals surface area contributed by atoms with Crippen LogP contribution < -0.4 is 0 Å². The number of rotatable bonds is 3.